The van der Waals surface area contributed by atoms with Gasteiger partial charge in [0, 0.05) is 29.5 Å². The maximum absolute atomic E-state index is 12.0. The number of anilines is 1. The highest BCUT2D eigenvalue weighted by atomic mass is 32.1. The third kappa shape index (κ3) is 6.52. The summed E-state index contributed by atoms with van der Waals surface area (Å²) in [5, 5.41) is 4.70. The van der Waals surface area contributed by atoms with Gasteiger partial charge in [-0.2, -0.15) is 0 Å². The van der Waals surface area contributed by atoms with Crippen LogP contribution in [0, 0.1) is 13.8 Å². The van der Waals surface area contributed by atoms with Crippen molar-refractivity contribution in [2.24, 2.45) is 0 Å². The molecule has 2 rings (SSSR count). The quantitative estimate of drug-likeness (QED) is 0.539. The predicted molar refractivity (Wildman–Crippen MR) is 103 cm³/mol. The Labute approximate surface area is 156 Å². The third-order valence-electron chi connectivity index (χ3n) is 3.51. The van der Waals surface area contributed by atoms with Gasteiger partial charge in [0.1, 0.15) is 0 Å². The fraction of sp³-hybridized carbons (Fsp3) is 0.211. The highest BCUT2D eigenvalue weighted by Gasteiger charge is 2.09. The number of hydrogen-bond acceptors (Lipinski definition) is 4. The third-order valence-corrected chi connectivity index (χ3v) is 4.35. The zero-order valence-electron chi connectivity index (χ0n) is 14.7. The van der Waals surface area contributed by atoms with Crippen molar-refractivity contribution in [1.29, 1.82) is 0 Å². The lowest BCUT2D eigenvalue weighted by Crippen LogP contribution is -2.41. The number of carbonyl (C=O) groups is 3. The minimum Gasteiger partial charge on any atom is -0.326 e. The van der Waals surface area contributed by atoms with Crippen LogP contribution >= 0.6 is 11.3 Å². The van der Waals surface area contributed by atoms with Crippen molar-refractivity contribution in [3.05, 3.63) is 57.8 Å². The zero-order valence-corrected chi connectivity index (χ0v) is 15.5. The second-order valence-corrected chi connectivity index (χ2v) is 6.73. The van der Waals surface area contributed by atoms with Crippen molar-refractivity contribution in [1.82, 2.24) is 10.9 Å². The van der Waals surface area contributed by atoms with Crippen molar-refractivity contribution in [3.8, 4) is 0 Å². The van der Waals surface area contributed by atoms with Crippen LogP contribution in [-0.2, 0) is 14.4 Å². The lowest BCUT2D eigenvalue weighted by Gasteiger charge is -2.09. The Bertz CT molecular complexity index is 813. The average molecular weight is 371 g/mol. The van der Waals surface area contributed by atoms with Gasteiger partial charge < -0.3 is 5.32 Å². The molecular weight excluding hydrogens is 350 g/mol. The van der Waals surface area contributed by atoms with Gasteiger partial charge in [-0.3, -0.25) is 25.2 Å². The fourth-order valence-corrected chi connectivity index (χ4v) is 2.71. The summed E-state index contributed by atoms with van der Waals surface area (Å²) in [6, 6.07) is 9.53. The van der Waals surface area contributed by atoms with Crippen LogP contribution in [0.5, 0.6) is 0 Å². The van der Waals surface area contributed by atoms with Gasteiger partial charge in [0.2, 0.25) is 11.8 Å². The summed E-state index contributed by atoms with van der Waals surface area (Å²) in [5.74, 6) is -1.12. The fourth-order valence-electron chi connectivity index (χ4n) is 2.09. The van der Waals surface area contributed by atoms with Crippen molar-refractivity contribution >= 4 is 40.8 Å². The first kappa shape index (κ1) is 19.4. The lowest BCUT2D eigenvalue weighted by molar-refractivity contribution is -0.128. The van der Waals surface area contributed by atoms with Crippen molar-refractivity contribution in [2.45, 2.75) is 26.7 Å². The van der Waals surface area contributed by atoms with E-state index in [4.69, 9.17) is 0 Å². The van der Waals surface area contributed by atoms with E-state index in [0.717, 1.165) is 21.7 Å². The highest BCUT2D eigenvalue weighted by Crippen LogP contribution is 2.16. The average Bonchev–Trinajstić information content (AvgIpc) is 3.13. The first-order valence-corrected chi connectivity index (χ1v) is 8.99. The number of hydrazine groups is 1. The summed E-state index contributed by atoms with van der Waals surface area (Å²) in [6.45, 7) is 3.85. The maximum atomic E-state index is 12.0. The van der Waals surface area contributed by atoms with Gasteiger partial charge in [-0.05, 0) is 48.6 Å². The molecule has 0 aliphatic carbocycles. The number of aryl methyl sites for hydroxylation is 2. The molecule has 0 aliphatic heterocycles. The van der Waals surface area contributed by atoms with E-state index >= 15 is 0 Å². The smallest absolute Gasteiger partial charge is 0.262 e. The second-order valence-electron chi connectivity index (χ2n) is 5.75. The largest absolute Gasteiger partial charge is 0.326 e. The lowest BCUT2D eigenvalue weighted by atomic mass is 10.1. The molecule has 0 spiro atoms. The molecule has 0 saturated carbocycles. The molecule has 2 aromatic rings. The van der Waals surface area contributed by atoms with Crippen LogP contribution in [0.25, 0.3) is 6.08 Å². The Morgan fingerprint density at radius 3 is 2.54 bits per heavy atom. The van der Waals surface area contributed by atoms with Gasteiger partial charge in [-0.25, -0.2) is 0 Å². The Kier molecular flexibility index (Phi) is 7.11. The minimum atomic E-state index is -0.438. The van der Waals surface area contributed by atoms with Gasteiger partial charge in [-0.15, -0.1) is 11.3 Å². The first-order valence-electron chi connectivity index (χ1n) is 8.11. The van der Waals surface area contributed by atoms with E-state index in [1.54, 1.807) is 6.08 Å². The molecule has 0 aliphatic rings. The van der Waals surface area contributed by atoms with E-state index in [-0.39, 0.29) is 18.7 Å². The number of amides is 3. The van der Waals surface area contributed by atoms with Crippen LogP contribution in [0.3, 0.4) is 0 Å². The highest BCUT2D eigenvalue weighted by molar-refractivity contribution is 7.10. The van der Waals surface area contributed by atoms with Crippen LogP contribution in [-0.4, -0.2) is 17.7 Å². The van der Waals surface area contributed by atoms with Crippen molar-refractivity contribution in [2.75, 3.05) is 5.32 Å². The number of carbonyl (C=O) groups excluding carboxylic acids is 3. The monoisotopic (exact) mass is 371 g/mol. The van der Waals surface area contributed by atoms with Gasteiger partial charge in [0.15, 0.2) is 0 Å². The van der Waals surface area contributed by atoms with E-state index < -0.39 is 11.8 Å². The number of hydrogen-bond donors (Lipinski definition) is 3. The standard InChI is InChI=1S/C19H21N3O3S/c1-13-5-6-14(2)16(12-13)20-17(23)9-10-19(25)22-21-18(24)8-7-15-4-3-11-26-15/h3-8,11-12H,9-10H2,1-2H3,(H,20,23)(H,21,24)(H,22,25)/b8-7+. The summed E-state index contributed by atoms with van der Waals surface area (Å²) in [7, 11) is 0. The molecule has 3 amide bonds. The molecule has 0 saturated heterocycles. The molecule has 1 aromatic heterocycles. The summed E-state index contributed by atoms with van der Waals surface area (Å²) >= 11 is 1.50. The van der Waals surface area contributed by atoms with E-state index in [9.17, 15) is 14.4 Å². The molecule has 26 heavy (non-hydrogen) atoms. The van der Waals surface area contributed by atoms with Gasteiger partial charge in [-0.1, -0.05) is 18.2 Å². The zero-order chi connectivity index (χ0) is 18.9. The molecule has 136 valence electrons. The van der Waals surface area contributed by atoms with Crippen LogP contribution < -0.4 is 16.2 Å². The van der Waals surface area contributed by atoms with E-state index in [0.29, 0.717) is 0 Å². The Morgan fingerprint density at radius 1 is 1.04 bits per heavy atom. The molecule has 3 N–H and O–H groups in total. The van der Waals surface area contributed by atoms with Crippen LogP contribution in [0.15, 0.2) is 41.8 Å². The first-order chi connectivity index (χ1) is 12.4. The Hall–Kier alpha value is -2.93. The molecule has 0 radical (unpaired) electrons. The molecule has 0 unspecified atom stereocenters. The number of benzene rings is 1. The summed E-state index contributed by atoms with van der Waals surface area (Å²) < 4.78 is 0. The Morgan fingerprint density at radius 2 is 1.81 bits per heavy atom. The normalized spacial score (nSPS) is 10.5. The topological polar surface area (TPSA) is 87.3 Å². The summed E-state index contributed by atoms with van der Waals surface area (Å²) in [4.78, 5) is 36.2. The van der Waals surface area contributed by atoms with Crippen LogP contribution in [0.4, 0.5) is 5.69 Å². The number of nitrogens with one attached hydrogen (secondary N) is 3. The molecular formula is C19H21N3O3S. The van der Waals surface area contributed by atoms with E-state index in [1.165, 1.54) is 17.4 Å². The Balaban J connectivity index is 1.70. The molecule has 0 atom stereocenters. The van der Waals surface area contributed by atoms with E-state index in [2.05, 4.69) is 16.2 Å². The van der Waals surface area contributed by atoms with Crippen molar-refractivity contribution < 1.29 is 14.4 Å². The van der Waals surface area contributed by atoms with Gasteiger partial charge in [0.25, 0.3) is 5.91 Å². The summed E-state index contributed by atoms with van der Waals surface area (Å²) in [6.07, 6.45) is 2.99. The van der Waals surface area contributed by atoms with Gasteiger partial charge in [0.05, 0.1) is 0 Å². The molecule has 7 heteroatoms. The van der Waals surface area contributed by atoms with Crippen molar-refractivity contribution in [3.63, 3.8) is 0 Å². The molecule has 1 heterocycles. The minimum absolute atomic E-state index is 0.0222. The van der Waals surface area contributed by atoms with Crippen LogP contribution in [0.2, 0.25) is 0 Å². The number of thiophene rings is 1. The number of rotatable bonds is 6. The van der Waals surface area contributed by atoms with Gasteiger partial charge >= 0.3 is 0 Å². The molecule has 1 aromatic carbocycles. The molecule has 6 nitrogen and oxygen atoms in total. The molecule has 0 bridgehead atoms. The SMILES string of the molecule is Cc1ccc(C)c(NC(=O)CCC(=O)NNC(=O)/C=C/c2cccs2)c1. The van der Waals surface area contributed by atoms with E-state index in [1.807, 2.05) is 49.6 Å². The second kappa shape index (κ2) is 9.53. The summed E-state index contributed by atoms with van der Waals surface area (Å²) in [5.41, 5.74) is 7.31. The molecule has 0 fully saturated rings. The van der Waals surface area contributed by atoms with Crippen LogP contribution in [0.1, 0.15) is 28.8 Å². The maximum Gasteiger partial charge on any atom is 0.262 e. The predicted octanol–water partition coefficient (Wildman–Crippen LogP) is 2.94.